The number of ether oxygens (including phenoxy) is 1. The minimum Gasteiger partial charge on any atom is -0.447 e. The first kappa shape index (κ1) is 19.3. The molecule has 2 aliphatic rings. The minimum atomic E-state index is -0.432. The van der Waals surface area contributed by atoms with Crippen LogP contribution < -0.4 is 5.56 Å². The molecule has 4 rings (SSSR count). The maximum Gasteiger partial charge on any atom is 0.410 e. The second-order valence-electron chi connectivity index (χ2n) is 7.76. The van der Waals surface area contributed by atoms with E-state index >= 15 is 0 Å². The number of aromatic amines is 1. The molecule has 154 valence electrons. The second kappa shape index (κ2) is 7.42. The van der Waals surface area contributed by atoms with Gasteiger partial charge in [-0.15, -0.1) is 0 Å². The van der Waals surface area contributed by atoms with Crippen molar-refractivity contribution in [2.45, 2.75) is 38.6 Å². The number of aromatic nitrogens is 2. The zero-order chi connectivity index (χ0) is 20.6. The third kappa shape index (κ3) is 3.32. The van der Waals surface area contributed by atoms with Crippen molar-refractivity contribution in [3.05, 3.63) is 51.9 Å². The van der Waals surface area contributed by atoms with Crippen LogP contribution in [0.4, 0.5) is 4.79 Å². The molecular formula is C21H26N4O4. The predicted molar refractivity (Wildman–Crippen MR) is 107 cm³/mol. The van der Waals surface area contributed by atoms with E-state index in [1.807, 2.05) is 6.92 Å². The Labute approximate surface area is 169 Å². The van der Waals surface area contributed by atoms with Gasteiger partial charge < -0.3 is 9.64 Å². The summed E-state index contributed by atoms with van der Waals surface area (Å²) >= 11 is 0. The number of fused-ring (bicyclic) bond motifs is 1. The van der Waals surface area contributed by atoms with E-state index in [4.69, 9.17) is 4.74 Å². The minimum absolute atomic E-state index is 0.0751. The van der Waals surface area contributed by atoms with E-state index in [1.54, 1.807) is 40.1 Å². The highest BCUT2D eigenvalue weighted by molar-refractivity contribution is 5.94. The number of amides is 2. The van der Waals surface area contributed by atoms with Crippen LogP contribution in [0.15, 0.2) is 35.1 Å². The highest BCUT2D eigenvalue weighted by Gasteiger charge is 2.50. The van der Waals surface area contributed by atoms with Crippen LogP contribution in [-0.4, -0.2) is 63.4 Å². The molecule has 0 spiro atoms. The molecular weight excluding hydrogens is 372 g/mol. The van der Waals surface area contributed by atoms with Gasteiger partial charge >= 0.3 is 6.09 Å². The molecule has 1 aromatic carbocycles. The lowest BCUT2D eigenvalue weighted by Crippen LogP contribution is -2.62. The van der Waals surface area contributed by atoms with Gasteiger partial charge in [0.2, 0.25) is 0 Å². The topological polar surface area (TPSA) is 87.6 Å². The lowest BCUT2D eigenvalue weighted by molar-refractivity contribution is 0.0362. The van der Waals surface area contributed by atoms with Gasteiger partial charge in [0.15, 0.2) is 0 Å². The molecule has 3 heterocycles. The number of carbonyl (C=O) groups excluding carboxylic acids is 2. The number of aryl methyl sites for hydroxylation is 1. The molecule has 2 saturated heterocycles. The van der Waals surface area contributed by atoms with E-state index in [0.717, 1.165) is 25.0 Å². The Balaban J connectivity index is 1.52. The number of piperazine rings is 1. The van der Waals surface area contributed by atoms with E-state index in [2.05, 4.69) is 12.0 Å². The van der Waals surface area contributed by atoms with Gasteiger partial charge in [0.1, 0.15) is 6.61 Å². The average molecular weight is 398 g/mol. The van der Waals surface area contributed by atoms with Crippen LogP contribution in [0.2, 0.25) is 0 Å². The van der Waals surface area contributed by atoms with Crippen LogP contribution >= 0.6 is 0 Å². The predicted octanol–water partition coefficient (Wildman–Crippen LogP) is 2.17. The average Bonchev–Trinajstić information content (AvgIpc) is 3.27. The molecule has 1 atom stereocenters. The van der Waals surface area contributed by atoms with Crippen LogP contribution in [0, 0.1) is 0 Å². The summed E-state index contributed by atoms with van der Waals surface area (Å²) in [6.45, 7) is 5.82. The summed E-state index contributed by atoms with van der Waals surface area (Å²) in [6, 6.07) is 8.64. The molecule has 2 amide bonds. The maximum atomic E-state index is 13.0. The number of carbonyl (C=O) groups is 2. The Morgan fingerprint density at radius 2 is 1.93 bits per heavy atom. The third-order valence-electron chi connectivity index (χ3n) is 5.95. The Morgan fingerprint density at radius 3 is 2.62 bits per heavy atom. The highest BCUT2D eigenvalue weighted by atomic mass is 16.6. The zero-order valence-electron chi connectivity index (χ0n) is 16.8. The largest absolute Gasteiger partial charge is 0.447 e. The van der Waals surface area contributed by atoms with Gasteiger partial charge in [0.05, 0.1) is 11.2 Å². The first-order valence-corrected chi connectivity index (χ1v) is 10.1. The molecule has 8 heteroatoms. The van der Waals surface area contributed by atoms with Gasteiger partial charge in [-0.3, -0.25) is 19.6 Å². The molecule has 29 heavy (non-hydrogen) atoms. The standard InChI is InChI=1S/C21H26N4O4/c1-3-5-16-12-18(26)25(22-16)17-8-6-15(7-9-17)19(27)23-10-11-24-20(28)29-14-21(24,4-2)13-23/h6-9,12,22H,3-5,10-11,13-14H2,1-2H3. The molecule has 0 saturated carbocycles. The quantitative estimate of drug-likeness (QED) is 0.836. The summed E-state index contributed by atoms with van der Waals surface area (Å²) in [7, 11) is 0. The number of hydrogen-bond acceptors (Lipinski definition) is 4. The molecule has 1 unspecified atom stereocenters. The van der Waals surface area contributed by atoms with Gasteiger partial charge in [0, 0.05) is 37.0 Å². The Kier molecular flexibility index (Phi) is 4.94. The van der Waals surface area contributed by atoms with E-state index in [0.29, 0.717) is 37.5 Å². The lowest BCUT2D eigenvalue weighted by Gasteiger charge is -2.44. The fourth-order valence-electron chi connectivity index (χ4n) is 4.21. The van der Waals surface area contributed by atoms with Crippen molar-refractivity contribution < 1.29 is 14.3 Å². The van der Waals surface area contributed by atoms with Gasteiger partial charge in [-0.2, -0.15) is 0 Å². The van der Waals surface area contributed by atoms with Crippen LogP contribution in [0.1, 0.15) is 42.7 Å². The molecule has 2 fully saturated rings. The fraction of sp³-hybridized carbons (Fsp3) is 0.476. The second-order valence-corrected chi connectivity index (χ2v) is 7.76. The molecule has 1 aromatic heterocycles. The van der Waals surface area contributed by atoms with Crippen LogP contribution in [0.3, 0.4) is 0 Å². The first-order chi connectivity index (χ1) is 14.0. The van der Waals surface area contributed by atoms with Gasteiger partial charge in [-0.25, -0.2) is 9.48 Å². The summed E-state index contributed by atoms with van der Waals surface area (Å²) in [5, 5.41) is 3.11. The van der Waals surface area contributed by atoms with Gasteiger partial charge in [-0.05, 0) is 37.1 Å². The van der Waals surface area contributed by atoms with Crippen LogP contribution in [0.5, 0.6) is 0 Å². The smallest absolute Gasteiger partial charge is 0.410 e. The molecule has 1 N–H and O–H groups in total. The summed E-state index contributed by atoms with van der Waals surface area (Å²) in [5.41, 5.74) is 1.61. The molecule has 2 aromatic rings. The Hall–Kier alpha value is -3.03. The number of rotatable bonds is 5. The van der Waals surface area contributed by atoms with Crippen molar-refractivity contribution in [2.24, 2.45) is 0 Å². The number of nitrogens with zero attached hydrogens (tertiary/aromatic N) is 3. The monoisotopic (exact) mass is 398 g/mol. The molecule has 8 nitrogen and oxygen atoms in total. The molecule has 0 aliphatic carbocycles. The Bertz CT molecular complexity index is 977. The fourth-order valence-corrected chi connectivity index (χ4v) is 4.21. The number of benzene rings is 1. The number of hydrogen-bond donors (Lipinski definition) is 1. The number of nitrogens with one attached hydrogen (secondary N) is 1. The van der Waals surface area contributed by atoms with Crippen molar-refractivity contribution in [1.29, 1.82) is 0 Å². The maximum absolute atomic E-state index is 13.0. The van der Waals surface area contributed by atoms with E-state index in [1.165, 1.54) is 4.68 Å². The summed E-state index contributed by atoms with van der Waals surface area (Å²) in [6.07, 6.45) is 2.21. The van der Waals surface area contributed by atoms with Gasteiger partial charge in [0.25, 0.3) is 11.5 Å². The van der Waals surface area contributed by atoms with Crippen molar-refractivity contribution in [2.75, 3.05) is 26.2 Å². The van der Waals surface area contributed by atoms with Crippen molar-refractivity contribution in [3.63, 3.8) is 0 Å². The molecule has 2 aliphatic heterocycles. The van der Waals surface area contributed by atoms with E-state index in [9.17, 15) is 14.4 Å². The summed E-state index contributed by atoms with van der Waals surface area (Å²) < 4.78 is 6.73. The van der Waals surface area contributed by atoms with E-state index in [-0.39, 0.29) is 17.6 Å². The third-order valence-corrected chi connectivity index (χ3v) is 5.95. The number of H-pyrrole nitrogens is 1. The number of cyclic esters (lactones) is 1. The van der Waals surface area contributed by atoms with Crippen LogP contribution in [0.25, 0.3) is 5.69 Å². The summed E-state index contributed by atoms with van der Waals surface area (Å²) in [5.74, 6) is -0.0751. The zero-order valence-corrected chi connectivity index (χ0v) is 16.8. The SMILES string of the molecule is CCCc1cc(=O)n(-c2ccc(C(=O)N3CCN4C(=O)OCC4(CC)C3)cc2)[nH]1. The normalized spacial score (nSPS) is 21.2. The van der Waals surface area contributed by atoms with Crippen LogP contribution in [-0.2, 0) is 11.2 Å². The molecule has 0 radical (unpaired) electrons. The first-order valence-electron chi connectivity index (χ1n) is 10.1. The van der Waals surface area contributed by atoms with Crippen molar-refractivity contribution in [1.82, 2.24) is 19.6 Å². The molecule has 0 bridgehead atoms. The highest BCUT2D eigenvalue weighted by Crippen LogP contribution is 2.32. The van der Waals surface area contributed by atoms with Crippen molar-refractivity contribution >= 4 is 12.0 Å². The lowest BCUT2D eigenvalue weighted by atomic mass is 9.92. The van der Waals surface area contributed by atoms with Gasteiger partial charge in [-0.1, -0.05) is 20.3 Å². The Morgan fingerprint density at radius 1 is 1.17 bits per heavy atom. The summed E-state index contributed by atoms with van der Waals surface area (Å²) in [4.78, 5) is 40.7. The van der Waals surface area contributed by atoms with E-state index < -0.39 is 5.54 Å². The van der Waals surface area contributed by atoms with Crippen molar-refractivity contribution in [3.8, 4) is 5.69 Å².